The van der Waals surface area contributed by atoms with Crippen LogP contribution in [-0.2, 0) is 13.2 Å². The number of fused-ring (bicyclic) bond motifs is 1. The Hall–Kier alpha value is -1.55. The van der Waals surface area contributed by atoms with Gasteiger partial charge in [0.05, 0.1) is 17.6 Å². The molecule has 0 spiro atoms. The molecule has 0 saturated carbocycles. The highest BCUT2D eigenvalue weighted by Gasteiger charge is 2.10. The summed E-state index contributed by atoms with van der Waals surface area (Å²) >= 11 is 0. The Kier molecular flexibility index (Phi) is 5.41. The molecule has 1 aromatic heterocycles. The van der Waals surface area contributed by atoms with E-state index in [1.165, 1.54) is 19.3 Å². The van der Waals surface area contributed by atoms with Crippen LogP contribution in [0.15, 0.2) is 18.2 Å². The summed E-state index contributed by atoms with van der Waals surface area (Å²) in [5, 5.41) is 9.48. The van der Waals surface area contributed by atoms with Gasteiger partial charge in [0, 0.05) is 12.6 Å². The Balaban J connectivity index is 2.22. The molecule has 2 rings (SSSR count). The van der Waals surface area contributed by atoms with Gasteiger partial charge in [-0.3, -0.25) is 0 Å². The average molecular weight is 276 g/mol. The molecule has 2 aromatic rings. The Morgan fingerprint density at radius 1 is 1.20 bits per heavy atom. The highest BCUT2D eigenvalue weighted by Crippen LogP contribution is 2.23. The van der Waals surface area contributed by atoms with Crippen LogP contribution in [0.2, 0.25) is 0 Å². The molecular formula is C16H24N2O2. The van der Waals surface area contributed by atoms with Gasteiger partial charge in [-0.1, -0.05) is 26.2 Å². The van der Waals surface area contributed by atoms with E-state index in [4.69, 9.17) is 4.74 Å². The maximum absolute atomic E-state index is 9.48. The molecule has 0 aliphatic carbocycles. The first-order valence-electron chi connectivity index (χ1n) is 7.53. The molecule has 1 heterocycles. The van der Waals surface area contributed by atoms with E-state index >= 15 is 0 Å². The maximum atomic E-state index is 9.48. The SMILES string of the molecule is CCCCCCn1c(CO)nc2cc(OCC)ccc21. The number of hydrogen-bond acceptors (Lipinski definition) is 3. The van der Waals surface area contributed by atoms with Gasteiger partial charge in [0.2, 0.25) is 0 Å². The third-order valence-electron chi connectivity index (χ3n) is 3.49. The van der Waals surface area contributed by atoms with Crippen LogP contribution in [0.1, 0.15) is 45.4 Å². The number of unbranched alkanes of at least 4 members (excludes halogenated alkanes) is 3. The van der Waals surface area contributed by atoms with Crippen molar-refractivity contribution < 1.29 is 9.84 Å². The van der Waals surface area contributed by atoms with Crippen molar-refractivity contribution in [2.45, 2.75) is 52.7 Å². The summed E-state index contributed by atoms with van der Waals surface area (Å²) in [6, 6.07) is 5.95. The van der Waals surface area contributed by atoms with Crippen LogP contribution >= 0.6 is 0 Å². The number of aliphatic hydroxyl groups excluding tert-OH is 1. The second kappa shape index (κ2) is 7.29. The number of benzene rings is 1. The van der Waals surface area contributed by atoms with Gasteiger partial charge in [-0.2, -0.15) is 0 Å². The minimum atomic E-state index is -0.0214. The van der Waals surface area contributed by atoms with Crippen LogP contribution in [0.3, 0.4) is 0 Å². The molecule has 4 nitrogen and oxygen atoms in total. The molecule has 20 heavy (non-hydrogen) atoms. The molecule has 0 aliphatic heterocycles. The van der Waals surface area contributed by atoms with Gasteiger partial charge in [-0.25, -0.2) is 4.98 Å². The smallest absolute Gasteiger partial charge is 0.135 e. The average Bonchev–Trinajstić information content (AvgIpc) is 2.81. The van der Waals surface area contributed by atoms with Crippen LogP contribution in [0.5, 0.6) is 5.75 Å². The summed E-state index contributed by atoms with van der Waals surface area (Å²) in [6.45, 7) is 5.72. The van der Waals surface area contributed by atoms with Gasteiger partial charge in [0.15, 0.2) is 0 Å². The summed E-state index contributed by atoms with van der Waals surface area (Å²) in [5.41, 5.74) is 1.98. The molecule has 0 saturated heterocycles. The number of hydrogen-bond donors (Lipinski definition) is 1. The van der Waals surface area contributed by atoms with Crippen molar-refractivity contribution in [3.8, 4) is 5.75 Å². The first-order chi connectivity index (χ1) is 9.80. The molecule has 0 fully saturated rings. The fourth-order valence-electron chi connectivity index (χ4n) is 2.48. The molecule has 1 N–H and O–H groups in total. The second-order valence-electron chi connectivity index (χ2n) is 4.98. The van der Waals surface area contributed by atoms with E-state index in [1.807, 2.05) is 25.1 Å². The number of aryl methyl sites for hydroxylation is 1. The lowest BCUT2D eigenvalue weighted by molar-refractivity contribution is 0.265. The molecule has 0 aliphatic rings. The quantitative estimate of drug-likeness (QED) is 0.751. The topological polar surface area (TPSA) is 47.3 Å². The fraction of sp³-hybridized carbons (Fsp3) is 0.562. The van der Waals surface area contributed by atoms with Gasteiger partial charge in [-0.15, -0.1) is 0 Å². The first kappa shape index (κ1) is 14.9. The number of imidazole rings is 1. The van der Waals surface area contributed by atoms with Crippen molar-refractivity contribution in [1.82, 2.24) is 9.55 Å². The molecule has 0 bridgehead atoms. The predicted molar refractivity (Wildman–Crippen MR) is 81.0 cm³/mol. The Bertz CT molecular complexity index is 549. The van der Waals surface area contributed by atoms with E-state index < -0.39 is 0 Å². The van der Waals surface area contributed by atoms with Crippen molar-refractivity contribution in [2.24, 2.45) is 0 Å². The summed E-state index contributed by atoms with van der Waals surface area (Å²) in [6.07, 6.45) is 4.84. The molecule has 0 unspecified atom stereocenters. The number of nitrogens with zero attached hydrogens (tertiary/aromatic N) is 2. The zero-order valence-electron chi connectivity index (χ0n) is 12.4. The van der Waals surface area contributed by atoms with E-state index in [0.717, 1.165) is 35.6 Å². The fourth-order valence-corrected chi connectivity index (χ4v) is 2.48. The number of aliphatic hydroxyl groups is 1. The zero-order valence-corrected chi connectivity index (χ0v) is 12.4. The van der Waals surface area contributed by atoms with E-state index in [0.29, 0.717) is 6.61 Å². The number of ether oxygens (including phenoxy) is 1. The molecule has 0 amide bonds. The van der Waals surface area contributed by atoms with Crippen molar-refractivity contribution in [2.75, 3.05) is 6.61 Å². The molecule has 1 aromatic carbocycles. The monoisotopic (exact) mass is 276 g/mol. The van der Waals surface area contributed by atoms with Crippen LogP contribution in [0.25, 0.3) is 11.0 Å². The lowest BCUT2D eigenvalue weighted by atomic mass is 10.2. The molecule has 0 atom stereocenters. The van der Waals surface area contributed by atoms with Crippen molar-refractivity contribution >= 4 is 11.0 Å². The van der Waals surface area contributed by atoms with Crippen molar-refractivity contribution in [3.63, 3.8) is 0 Å². The summed E-state index contributed by atoms with van der Waals surface area (Å²) in [4.78, 5) is 4.51. The maximum Gasteiger partial charge on any atom is 0.135 e. The Labute approximate surface area is 120 Å². The molecule has 0 radical (unpaired) electrons. The molecule has 4 heteroatoms. The third-order valence-corrected chi connectivity index (χ3v) is 3.49. The Morgan fingerprint density at radius 3 is 2.75 bits per heavy atom. The Morgan fingerprint density at radius 2 is 2.05 bits per heavy atom. The van der Waals surface area contributed by atoms with Gasteiger partial charge < -0.3 is 14.4 Å². The third kappa shape index (κ3) is 3.31. The first-order valence-corrected chi connectivity index (χ1v) is 7.53. The summed E-state index contributed by atoms with van der Waals surface area (Å²) < 4.78 is 7.62. The zero-order chi connectivity index (χ0) is 14.4. The largest absolute Gasteiger partial charge is 0.494 e. The van der Waals surface area contributed by atoms with Crippen LogP contribution in [-0.4, -0.2) is 21.3 Å². The highest BCUT2D eigenvalue weighted by molar-refractivity contribution is 5.77. The van der Waals surface area contributed by atoms with E-state index in [-0.39, 0.29) is 6.61 Å². The van der Waals surface area contributed by atoms with Gasteiger partial charge >= 0.3 is 0 Å². The van der Waals surface area contributed by atoms with Crippen LogP contribution in [0.4, 0.5) is 0 Å². The van der Waals surface area contributed by atoms with E-state index in [9.17, 15) is 5.11 Å². The number of aromatic nitrogens is 2. The lowest BCUT2D eigenvalue weighted by Crippen LogP contribution is -2.04. The molecular weight excluding hydrogens is 252 g/mol. The van der Waals surface area contributed by atoms with E-state index in [1.54, 1.807) is 0 Å². The van der Waals surface area contributed by atoms with Crippen molar-refractivity contribution in [1.29, 1.82) is 0 Å². The summed E-state index contributed by atoms with van der Waals surface area (Å²) in [7, 11) is 0. The lowest BCUT2D eigenvalue weighted by Gasteiger charge is -2.08. The minimum absolute atomic E-state index is 0.0214. The molecule has 110 valence electrons. The van der Waals surface area contributed by atoms with Gasteiger partial charge in [-0.05, 0) is 25.5 Å². The highest BCUT2D eigenvalue weighted by atomic mass is 16.5. The van der Waals surface area contributed by atoms with Crippen LogP contribution < -0.4 is 4.74 Å². The second-order valence-corrected chi connectivity index (χ2v) is 4.98. The van der Waals surface area contributed by atoms with Gasteiger partial charge in [0.25, 0.3) is 0 Å². The van der Waals surface area contributed by atoms with Crippen molar-refractivity contribution in [3.05, 3.63) is 24.0 Å². The minimum Gasteiger partial charge on any atom is -0.494 e. The summed E-state index contributed by atoms with van der Waals surface area (Å²) in [5.74, 6) is 1.57. The number of rotatable bonds is 8. The standard InChI is InChI=1S/C16H24N2O2/c1-3-5-6-7-10-18-15-9-8-13(20-4-2)11-14(15)17-16(18)12-19/h8-9,11,19H,3-7,10,12H2,1-2H3. The van der Waals surface area contributed by atoms with Gasteiger partial charge in [0.1, 0.15) is 18.2 Å². The van der Waals surface area contributed by atoms with E-state index in [2.05, 4.69) is 16.5 Å². The normalized spacial score (nSPS) is 11.2. The van der Waals surface area contributed by atoms with Crippen LogP contribution in [0, 0.1) is 0 Å². The predicted octanol–water partition coefficient (Wildman–Crippen LogP) is 3.51.